The normalized spacial score (nSPS) is 20.9. The fraction of sp³-hybridized carbons (Fsp3) is 0.486. The van der Waals surface area contributed by atoms with Crippen molar-refractivity contribution in [1.29, 1.82) is 5.26 Å². The molecule has 1 aromatic heterocycles. The number of piperazine rings is 1. The molecular formula is C37H45N7O5. The number of nitriles is 1. The predicted octanol–water partition coefficient (Wildman–Crippen LogP) is 4.71. The molecule has 3 aromatic rings. The highest BCUT2D eigenvalue weighted by Crippen LogP contribution is 2.35. The van der Waals surface area contributed by atoms with Crippen molar-refractivity contribution in [1.82, 2.24) is 19.8 Å². The number of aromatic nitrogens is 2. The molecule has 3 atom stereocenters. The van der Waals surface area contributed by atoms with Crippen molar-refractivity contribution in [3.05, 3.63) is 66.4 Å². The monoisotopic (exact) mass is 667 g/mol. The molecule has 0 saturated carbocycles. The molecule has 3 aliphatic heterocycles. The third-order valence-corrected chi connectivity index (χ3v) is 9.44. The number of hydrogen-bond donors (Lipinski definition) is 0. The number of ether oxygens (including phenoxy) is 3. The smallest absolute Gasteiger partial charge is 0.410 e. The lowest BCUT2D eigenvalue weighted by Crippen LogP contribution is -2.55. The minimum Gasteiger partial charge on any atom is -0.461 e. The number of fused-ring (bicyclic) bond motifs is 2. The van der Waals surface area contributed by atoms with Gasteiger partial charge in [-0.2, -0.15) is 15.2 Å². The maximum atomic E-state index is 13.1. The van der Waals surface area contributed by atoms with Gasteiger partial charge in [-0.15, -0.1) is 0 Å². The zero-order chi connectivity index (χ0) is 34.7. The van der Waals surface area contributed by atoms with Crippen LogP contribution in [0.25, 0.3) is 10.8 Å². The van der Waals surface area contributed by atoms with E-state index in [4.69, 9.17) is 24.2 Å². The molecular weight excluding hydrogens is 622 g/mol. The average Bonchev–Trinajstić information content (AvgIpc) is 3.53. The Hall–Kier alpha value is -4.89. The summed E-state index contributed by atoms with van der Waals surface area (Å²) < 4.78 is 17.7. The van der Waals surface area contributed by atoms with Gasteiger partial charge in [0, 0.05) is 49.9 Å². The number of nitrogens with zero attached hydrogens (tertiary/aromatic N) is 7. The molecule has 2 aromatic carbocycles. The standard InChI is InChI=1S/C37H45N7O5/c1-6-33(45)43-19-18-42(21-26(43)14-16-38)34-30-15-17-41(32-13-9-11-25-10-7-8-12-29(25)32)23-31(30)39-35(40-34)48-24-27-20-28(47-5)22-44(27)36(46)49-37(2,3)4/h6-13,26-28H,1,14-15,17-24H2,2-5H3. The largest absolute Gasteiger partial charge is 0.461 e. The summed E-state index contributed by atoms with van der Waals surface area (Å²) in [6, 6.07) is 16.6. The highest BCUT2D eigenvalue weighted by molar-refractivity contribution is 5.94. The second-order valence-electron chi connectivity index (χ2n) is 13.8. The number of carbonyl (C=O) groups is 2. The van der Waals surface area contributed by atoms with Gasteiger partial charge in [-0.25, -0.2) is 4.79 Å². The van der Waals surface area contributed by atoms with E-state index in [0.717, 1.165) is 29.3 Å². The van der Waals surface area contributed by atoms with E-state index in [2.05, 4.69) is 58.8 Å². The quantitative estimate of drug-likeness (QED) is 0.312. The lowest BCUT2D eigenvalue weighted by atomic mass is 10.0. The molecule has 0 bridgehead atoms. The molecule has 258 valence electrons. The Kier molecular flexibility index (Phi) is 9.92. The number of rotatable bonds is 8. The number of hydrogen-bond acceptors (Lipinski definition) is 10. The van der Waals surface area contributed by atoms with E-state index in [1.807, 2.05) is 26.8 Å². The Labute approximate surface area is 287 Å². The number of methoxy groups -OCH3 is 1. The van der Waals surface area contributed by atoms with E-state index < -0.39 is 11.7 Å². The number of anilines is 2. The van der Waals surface area contributed by atoms with E-state index in [9.17, 15) is 14.9 Å². The van der Waals surface area contributed by atoms with Gasteiger partial charge in [0.1, 0.15) is 18.0 Å². The zero-order valence-electron chi connectivity index (χ0n) is 28.8. The first-order chi connectivity index (χ1) is 23.6. The topological polar surface area (TPSA) is 124 Å². The van der Waals surface area contributed by atoms with Crippen molar-refractivity contribution in [3.63, 3.8) is 0 Å². The van der Waals surface area contributed by atoms with Crippen LogP contribution in [0.15, 0.2) is 55.1 Å². The molecule has 3 unspecified atom stereocenters. The van der Waals surface area contributed by atoms with E-state index in [1.54, 1.807) is 16.9 Å². The van der Waals surface area contributed by atoms with Crippen molar-refractivity contribution >= 4 is 34.3 Å². The van der Waals surface area contributed by atoms with Gasteiger partial charge < -0.3 is 28.9 Å². The molecule has 2 amide bonds. The molecule has 0 radical (unpaired) electrons. The number of benzene rings is 2. The molecule has 0 N–H and O–H groups in total. The van der Waals surface area contributed by atoms with Gasteiger partial charge in [0.05, 0.1) is 49.5 Å². The highest BCUT2D eigenvalue weighted by atomic mass is 16.6. The first-order valence-electron chi connectivity index (χ1n) is 16.9. The molecule has 3 aliphatic rings. The first-order valence-corrected chi connectivity index (χ1v) is 16.9. The molecule has 0 spiro atoms. The summed E-state index contributed by atoms with van der Waals surface area (Å²) in [5.41, 5.74) is 2.41. The summed E-state index contributed by atoms with van der Waals surface area (Å²) in [7, 11) is 1.64. The van der Waals surface area contributed by atoms with Crippen LogP contribution in [0.5, 0.6) is 6.01 Å². The Morgan fingerprint density at radius 3 is 2.57 bits per heavy atom. The molecule has 6 rings (SSSR count). The fourth-order valence-electron chi connectivity index (χ4n) is 7.06. The van der Waals surface area contributed by atoms with Gasteiger partial charge >= 0.3 is 12.1 Å². The van der Waals surface area contributed by atoms with Gasteiger partial charge in [-0.05, 0) is 51.1 Å². The van der Waals surface area contributed by atoms with Crippen LogP contribution in [0.1, 0.15) is 44.9 Å². The maximum absolute atomic E-state index is 13.1. The molecule has 12 nitrogen and oxygen atoms in total. The van der Waals surface area contributed by atoms with Crippen LogP contribution >= 0.6 is 0 Å². The maximum Gasteiger partial charge on any atom is 0.410 e. The lowest BCUT2D eigenvalue weighted by Gasteiger charge is -2.42. The van der Waals surface area contributed by atoms with Crippen LogP contribution in [0.4, 0.5) is 16.3 Å². The SMILES string of the molecule is C=CC(=O)N1CCN(c2nc(OCC3CC(OC)CN3C(=O)OC(C)(C)C)nc3c2CCN(c2cccc4ccccc24)C3)CC1CC#N. The second-order valence-corrected chi connectivity index (χ2v) is 13.8. The molecule has 4 heterocycles. The third kappa shape index (κ3) is 7.42. The van der Waals surface area contributed by atoms with E-state index in [1.165, 1.54) is 16.8 Å². The number of carbonyl (C=O) groups excluding carboxylic acids is 2. The van der Waals surface area contributed by atoms with Crippen molar-refractivity contribution < 1.29 is 23.8 Å². The van der Waals surface area contributed by atoms with Gasteiger partial charge in [0.15, 0.2) is 0 Å². The minimum absolute atomic E-state index is 0.137. The van der Waals surface area contributed by atoms with E-state index in [-0.39, 0.29) is 43.1 Å². The number of amides is 2. The van der Waals surface area contributed by atoms with Crippen LogP contribution in [-0.2, 0) is 27.2 Å². The lowest BCUT2D eigenvalue weighted by molar-refractivity contribution is -0.128. The number of likely N-dealkylation sites (tertiary alicyclic amines) is 1. The minimum atomic E-state index is -0.635. The summed E-state index contributed by atoms with van der Waals surface area (Å²) >= 11 is 0. The molecule has 12 heteroatoms. The summed E-state index contributed by atoms with van der Waals surface area (Å²) in [4.78, 5) is 43.6. The van der Waals surface area contributed by atoms with Crippen LogP contribution < -0.4 is 14.5 Å². The van der Waals surface area contributed by atoms with Crippen molar-refractivity contribution in [2.24, 2.45) is 0 Å². The summed E-state index contributed by atoms with van der Waals surface area (Å²) in [6.07, 6.45) is 2.27. The Morgan fingerprint density at radius 2 is 1.82 bits per heavy atom. The zero-order valence-corrected chi connectivity index (χ0v) is 28.8. The first kappa shape index (κ1) is 34.0. The third-order valence-electron chi connectivity index (χ3n) is 9.44. The van der Waals surface area contributed by atoms with E-state index in [0.29, 0.717) is 45.6 Å². The van der Waals surface area contributed by atoms with Gasteiger partial charge in [-0.3, -0.25) is 9.69 Å². The summed E-state index contributed by atoms with van der Waals surface area (Å²) in [5, 5.41) is 12.0. The predicted molar refractivity (Wildman–Crippen MR) is 187 cm³/mol. The van der Waals surface area contributed by atoms with Gasteiger partial charge in [-0.1, -0.05) is 43.0 Å². The van der Waals surface area contributed by atoms with E-state index >= 15 is 0 Å². The Bertz CT molecular complexity index is 1750. The van der Waals surface area contributed by atoms with Crippen LogP contribution in [0.3, 0.4) is 0 Å². The van der Waals surface area contributed by atoms with Crippen molar-refractivity contribution in [2.75, 3.05) is 56.2 Å². The second kappa shape index (κ2) is 14.3. The fourth-order valence-corrected chi connectivity index (χ4v) is 7.06. The summed E-state index contributed by atoms with van der Waals surface area (Å²) in [6.45, 7) is 12.5. The molecule has 49 heavy (non-hydrogen) atoms. The molecule has 2 fully saturated rings. The highest BCUT2D eigenvalue weighted by Gasteiger charge is 2.39. The van der Waals surface area contributed by atoms with Gasteiger partial charge in [0.25, 0.3) is 0 Å². The van der Waals surface area contributed by atoms with Crippen LogP contribution in [0, 0.1) is 11.3 Å². The Morgan fingerprint density at radius 1 is 1.02 bits per heavy atom. The van der Waals surface area contributed by atoms with Crippen molar-refractivity contribution in [2.45, 2.75) is 70.4 Å². The summed E-state index contributed by atoms with van der Waals surface area (Å²) in [5.74, 6) is 0.580. The van der Waals surface area contributed by atoms with Crippen LogP contribution in [-0.4, -0.2) is 102 Å². The van der Waals surface area contributed by atoms with Crippen molar-refractivity contribution in [3.8, 4) is 12.1 Å². The van der Waals surface area contributed by atoms with Gasteiger partial charge in [0.2, 0.25) is 5.91 Å². The molecule has 0 aliphatic carbocycles. The Balaban J connectivity index is 1.31. The average molecular weight is 668 g/mol. The van der Waals surface area contributed by atoms with Crippen LogP contribution in [0.2, 0.25) is 0 Å². The molecule has 2 saturated heterocycles.